The molecule has 1 aliphatic heterocycles. The van der Waals surface area contributed by atoms with Gasteiger partial charge in [0.05, 0.1) is 12.3 Å². The van der Waals surface area contributed by atoms with Crippen LogP contribution in [0.3, 0.4) is 0 Å². The molecule has 0 spiro atoms. The number of nitrogens with zero attached hydrogens (tertiary/aromatic N) is 2. The van der Waals surface area contributed by atoms with Crippen LogP contribution in [0.15, 0.2) is 48.7 Å². The van der Waals surface area contributed by atoms with Crippen LogP contribution in [-0.2, 0) is 16.4 Å². The maximum Gasteiger partial charge on any atom is 0.317 e. The first kappa shape index (κ1) is 21.3. The van der Waals surface area contributed by atoms with Gasteiger partial charge in [-0.3, -0.25) is 4.98 Å². The fraction of sp³-hybridized carbons (Fsp3) is 0.429. The van der Waals surface area contributed by atoms with Crippen LogP contribution in [0, 0.1) is 0 Å². The summed E-state index contributed by atoms with van der Waals surface area (Å²) in [6, 6.07) is 13.2. The highest BCUT2D eigenvalue weighted by Gasteiger charge is 2.36. The number of amides is 2. The van der Waals surface area contributed by atoms with Gasteiger partial charge in [0.2, 0.25) is 10.0 Å². The standard InChI is InChI=1S/C21H28N4O3S/c1-3-22-21(26)25-13-7-10-19(24-29(2,27)28)20(25)15-18-14-17(11-12-23-18)16-8-5-4-6-9-16/h4-6,8-9,11-12,14,19-20,24H,3,7,10,13,15H2,1-2H3,(H,22,26). The van der Waals surface area contributed by atoms with Crippen LogP contribution >= 0.6 is 0 Å². The highest BCUT2D eigenvalue weighted by Crippen LogP contribution is 2.24. The van der Waals surface area contributed by atoms with E-state index in [4.69, 9.17) is 0 Å². The molecule has 1 aliphatic rings. The minimum atomic E-state index is -3.39. The molecule has 1 saturated heterocycles. The van der Waals surface area contributed by atoms with E-state index in [2.05, 4.69) is 15.0 Å². The van der Waals surface area contributed by atoms with Crippen molar-refractivity contribution < 1.29 is 13.2 Å². The molecule has 0 radical (unpaired) electrons. The van der Waals surface area contributed by atoms with Crippen LogP contribution in [0.25, 0.3) is 11.1 Å². The smallest absolute Gasteiger partial charge is 0.317 e. The van der Waals surface area contributed by atoms with Crippen LogP contribution in [0.1, 0.15) is 25.5 Å². The van der Waals surface area contributed by atoms with Crippen molar-refractivity contribution in [2.45, 2.75) is 38.3 Å². The maximum absolute atomic E-state index is 12.6. The van der Waals surface area contributed by atoms with Gasteiger partial charge in [-0.25, -0.2) is 17.9 Å². The van der Waals surface area contributed by atoms with Crippen molar-refractivity contribution in [3.63, 3.8) is 0 Å². The molecule has 7 nitrogen and oxygen atoms in total. The number of rotatable bonds is 6. The predicted molar refractivity (Wildman–Crippen MR) is 114 cm³/mol. The summed E-state index contributed by atoms with van der Waals surface area (Å²) in [5.41, 5.74) is 2.96. The number of sulfonamides is 1. The summed E-state index contributed by atoms with van der Waals surface area (Å²) in [5.74, 6) is 0. The number of piperidine rings is 1. The SMILES string of the molecule is CCNC(=O)N1CCCC(NS(C)(=O)=O)C1Cc1cc(-c2ccccc2)ccn1. The quantitative estimate of drug-likeness (QED) is 0.756. The minimum Gasteiger partial charge on any atom is -0.338 e. The third-order valence-electron chi connectivity index (χ3n) is 5.08. The molecule has 0 aliphatic carbocycles. The van der Waals surface area contributed by atoms with E-state index in [1.807, 2.05) is 49.4 Å². The van der Waals surface area contributed by atoms with Gasteiger partial charge in [-0.2, -0.15) is 0 Å². The number of pyridine rings is 1. The van der Waals surface area contributed by atoms with Crippen LogP contribution in [0.5, 0.6) is 0 Å². The number of carbonyl (C=O) groups is 1. The molecule has 8 heteroatoms. The van der Waals surface area contributed by atoms with Gasteiger partial charge in [-0.05, 0) is 43.0 Å². The van der Waals surface area contributed by atoms with E-state index >= 15 is 0 Å². The number of nitrogens with one attached hydrogen (secondary N) is 2. The van der Waals surface area contributed by atoms with E-state index in [-0.39, 0.29) is 18.1 Å². The van der Waals surface area contributed by atoms with Crippen LogP contribution < -0.4 is 10.0 Å². The normalized spacial score (nSPS) is 19.7. The van der Waals surface area contributed by atoms with Gasteiger partial charge in [-0.15, -0.1) is 0 Å². The Hall–Kier alpha value is -2.45. The Labute approximate surface area is 172 Å². The minimum absolute atomic E-state index is 0.170. The van der Waals surface area contributed by atoms with Crippen molar-refractivity contribution in [3.05, 3.63) is 54.4 Å². The Kier molecular flexibility index (Phi) is 6.87. The lowest BCUT2D eigenvalue weighted by Crippen LogP contribution is -2.59. The molecule has 2 aromatic rings. The highest BCUT2D eigenvalue weighted by atomic mass is 32.2. The van der Waals surface area contributed by atoms with Crippen molar-refractivity contribution >= 4 is 16.1 Å². The summed E-state index contributed by atoms with van der Waals surface area (Å²) in [7, 11) is -3.39. The zero-order valence-electron chi connectivity index (χ0n) is 16.8. The lowest BCUT2D eigenvalue weighted by molar-refractivity contribution is 0.133. The average Bonchev–Trinajstić information content (AvgIpc) is 2.69. The first-order valence-corrected chi connectivity index (χ1v) is 11.8. The van der Waals surface area contributed by atoms with Crippen molar-refractivity contribution in [2.24, 2.45) is 0 Å². The van der Waals surface area contributed by atoms with E-state index in [1.54, 1.807) is 11.1 Å². The highest BCUT2D eigenvalue weighted by molar-refractivity contribution is 7.88. The van der Waals surface area contributed by atoms with Crippen molar-refractivity contribution in [1.82, 2.24) is 19.9 Å². The fourth-order valence-corrected chi connectivity index (χ4v) is 4.67. The molecule has 1 fully saturated rings. The molecule has 29 heavy (non-hydrogen) atoms. The van der Waals surface area contributed by atoms with Gasteiger partial charge >= 0.3 is 6.03 Å². The average molecular weight is 417 g/mol. The molecule has 2 amide bonds. The number of carbonyl (C=O) groups excluding carboxylic acids is 1. The lowest BCUT2D eigenvalue weighted by atomic mass is 9.92. The van der Waals surface area contributed by atoms with Gasteiger partial charge in [0, 0.05) is 37.4 Å². The van der Waals surface area contributed by atoms with E-state index in [0.717, 1.165) is 29.5 Å². The van der Waals surface area contributed by atoms with Crippen molar-refractivity contribution in [1.29, 1.82) is 0 Å². The number of hydrogen-bond acceptors (Lipinski definition) is 4. The van der Waals surface area contributed by atoms with E-state index < -0.39 is 10.0 Å². The molecular formula is C21H28N4O3S. The monoisotopic (exact) mass is 416 g/mol. The first-order chi connectivity index (χ1) is 13.9. The van der Waals surface area contributed by atoms with Crippen LogP contribution in [0.4, 0.5) is 4.79 Å². The number of aromatic nitrogens is 1. The summed E-state index contributed by atoms with van der Waals surface area (Å²) in [4.78, 5) is 18.9. The van der Waals surface area contributed by atoms with Gasteiger partial charge in [-0.1, -0.05) is 30.3 Å². The molecule has 2 atom stereocenters. The second kappa shape index (κ2) is 9.37. The Morgan fingerprint density at radius 3 is 2.66 bits per heavy atom. The van der Waals surface area contributed by atoms with Gasteiger partial charge in [0.1, 0.15) is 0 Å². The summed E-state index contributed by atoms with van der Waals surface area (Å²) >= 11 is 0. The van der Waals surface area contributed by atoms with E-state index in [0.29, 0.717) is 25.9 Å². The topological polar surface area (TPSA) is 91.4 Å². The van der Waals surface area contributed by atoms with E-state index in [9.17, 15) is 13.2 Å². The predicted octanol–water partition coefficient (Wildman–Crippen LogP) is 2.40. The molecule has 0 bridgehead atoms. The van der Waals surface area contributed by atoms with Crippen molar-refractivity contribution in [2.75, 3.05) is 19.3 Å². The third-order valence-corrected chi connectivity index (χ3v) is 5.81. The molecule has 156 valence electrons. The van der Waals surface area contributed by atoms with Crippen LogP contribution in [-0.4, -0.2) is 55.8 Å². The zero-order valence-corrected chi connectivity index (χ0v) is 17.7. The number of likely N-dealkylation sites (tertiary alicyclic amines) is 1. The van der Waals surface area contributed by atoms with Gasteiger partial charge in [0.25, 0.3) is 0 Å². The number of benzene rings is 1. The Balaban J connectivity index is 1.89. The summed E-state index contributed by atoms with van der Waals surface area (Å²) in [6.07, 6.45) is 4.83. The Morgan fingerprint density at radius 1 is 1.21 bits per heavy atom. The summed E-state index contributed by atoms with van der Waals surface area (Å²) < 4.78 is 26.5. The maximum atomic E-state index is 12.6. The Morgan fingerprint density at radius 2 is 1.97 bits per heavy atom. The largest absolute Gasteiger partial charge is 0.338 e. The number of urea groups is 1. The lowest BCUT2D eigenvalue weighted by Gasteiger charge is -2.41. The van der Waals surface area contributed by atoms with E-state index in [1.165, 1.54) is 0 Å². The number of hydrogen-bond donors (Lipinski definition) is 2. The fourth-order valence-electron chi connectivity index (χ4n) is 3.84. The third kappa shape index (κ3) is 5.77. The molecule has 2 heterocycles. The second-order valence-corrected chi connectivity index (χ2v) is 9.12. The molecule has 2 N–H and O–H groups in total. The molecule has 3 rings (SSSR count). The van der Waals surface area contributed by atoms with Gasteiger partial charge in [0.15, 0.2) is 0 Å². The Bertz CT molecular complexity index is 934. The first-order valence-electron chi connectivity index (χ1n) is 9.89. The second-order valence-electron chi connectivity index (χ2n) is 7.34. The molecule has 2 unspecified atom stereocenters. The van der Waals surface area contributed by atoms with Crippen molar-refractivity contribution in [3.8, 4) is 11.1 Å². The molecular weight excluding hydrogens is 388 g/mol. The molecule has 1 aromatic heterocycles. The zero-order chi connectivity index (χ0) is 20.9. The van der Waals surface area contributed by atoms with Crippen LogP contribution in [0.2, 0.25) is 0 Å². The molecule has 0 saturated carbocycles. The van der Waals surface area contributed by atoms with Gasteiger partial charge < -0.3 is 10.2 Å². The summed E-state index contributed by atoms with van der Waals surface area (Å²) in [5, 5.41) is 2.84. The molecule has 1 aromatic carbocycles. The summed E-state index contributed by atoms with van der Waals surface area (Å²) in [6.45, 7) is 2.98.